The van der Waals surface area contributed by atoms with E-state index < -0.39 is 5.60 Å². The molecule has 2 N–H and O–H groups in total. The molecule has 1 aliphatic rings. The van der Waals surface area contributed by atoms with Crippen LogP contribution in [-0.4, -0.2) is 22.4 Å². The maximum atomic E-state index is 10.2. The minimum Gasteiger partial charge on any atom is -0.393 e. The summed E-state index contributed by atoms with van der Waals surface area (Å²) in [6.45, 7) is 6.32. The first-order chi connectivity index (χ1) is 5.99. The number of hydrogen-bond acceptors (Lipinski definition) is 2. The summed E-state index contributed by atoms with van der Waals surface area (Å²) >= 11 is 0. The Hall–Kier alpha value is -0.0800. The van der Waals surface area contributed by atoms with Crippen molar-refractivity contribution in [1.29, 1.82) is 0 Å². The molecule has 1 fully saturated rings. The molecule has 0 amide bonds. The predicted molar refractivity (Wildman–Crippen MR) is 53.4 cm³/mol. The lowest BCUT2D eigenvalue weighted by Crippen LogP contribution is -2.48. The van der Waals surface area contributed by atoms with E-state index in [0.717, 1.165) is 12.8 Å². The molecule has 1 rings (SSSR count). The second-order valence-corrected chi connectivity index (χ2v) is 5.00. The highest BCUT2D eigenvalue weighted by Crippen LogP contribution is 2.40. The van der Waals surface area contributed by atoms with Crippen molar-refractivity contribution in [1.82, 2.24) is 0 Å². The molecule has 0 aromatic rings. The van der Waals surface area contributed by atoms with Crippen LogP contribution in [0.15, 0.2) is 0 Å². The first kappa shape index (κ1) is 11.0. The molecule has 13 heavy (non-hydrogen) atoms. The van der Waals surface area contributed by atoms with E-state index in [1.807, 2.05) is 0 Å². The minimum atomic E-state index is -0.814. The van der Waals surface area contributed by atoms with Crippen LogP contribution >= 0.6 is 0 Å². The Bertz CT molecular complexity index is 167. The molecule has 0 radical (unpaired) electrons. The molecule has 1 saturated carbocycles. The molecule has 2 nitrogen and oxygen atoms in total. The van der Waals surface area contributed by atoms with Crippen molar-refractivity contribution < 1.29 is 10.2 Å². The first-order valence-electron chi connectivity index (χ1n) is 5.33. The lowest BCUT2D eigenvalue weighted by atomic mass is 9.67. The maximum Gasteiger partial charge on any atom is 0.0910 e. The standard InChI is InChI=1S/C11H22O2/c1-8(2)10-5-4-9(3)6-11(10,13)7-12/h8-10,12-13H,4-7H2,1-3H3/t9-,10+,11+/m1/s1. The van der Waals surface area contributed by atoms with Gasteiger partial charge in [-0.3, -0.25) is 0 Å². The molecule has 0 aromatic carbocycles. The van der Waals surface area contributed by atoms with E-state index in [0.29, 0.717) is 11.8 Å². The third-order valence-electron chi connectivity index (χ3n) is 3.44. The molecule has 0 aromatic heterocycles. The van der Waals surface area contributed by atoms with Gasteiger partial charge in [-0.2, -0.15) is 0 Å². The van der Waals surface area contributed by atoms with Crippen LogP contribution in [0, 0.1) is 17.8 Å². The molecule has 0 saturated heterocycles. The molecule has 1 aliphatic carbocycles. The normalized spacial score (nSPS) is 41.1. The number of aliphatic hydroxyl groups is 2. The Labute approximate surface area is 81.0 Å². The Morgan fingerprint density at radius 1 is 1.38 bits per heavy atom. The summed E-state index contributed by atoms with van der Waals surface area (Å²) in [7, 11) is 0. The average Bonchev–Trinajstić information content (AvgIpc) is 2.03. The molecular weight excluding hydrogens is 164 g/mol. The van der Waals surface area contributed by atoms with Crippen LogP contribution in [0.25, 0.3) is 0 Å². The van der Waals surface area contributed by atoms with Gasteiger partial charge in [0.05, 0.1) is 12.2 Å². The van der Waals surface area contributed by atoms with Crippen molar-refractivity contribution in [3.63, 3.8) is 0 Å². The fraction of sp³-hybridized carbons (Fsp3) is 1.00. The predicted octanol–water partition coefficient (Wildman–Crippen LogP) is 1.80. The second kappa shape index (κ2) is 3.97. The number of hydrogen-bond donors (Lipinski definition) is 2. The van der Waals surface area contributed by atoms with E-state index in [2.05, 4.69) is 20.8 Å². The zero-order chi connectivity index (χ0) is 10.1. The quantitative estimate of drug-likeness (QED) is 0.690. The molecule has 2 heteroatoms. The van der Waals surface area contributed by atoms with E-state index in [4.69, 9.17) is 0 Å². The van der Waals surface area contributed by atoms with Crippen LogP contribution in [0.2, 0.25) is 0 Å². The van der Waals surface area contributed by atoms with E-state index >= 15 is 0 Å². The molecule has 0 aliphatic heterocycles. The highest BCUT2D eigenvalue weighted by Gasteiger charge is 2.42. The third-order valence-corrected chi connectivity index (χ3v) is 3.44. The van der Waals surface area contributed by atoms with Gasteiger partial charge in [0.1, 0.15) is 0 Å². The van der Waals surface area contributed by atoms with E-state index in [9.17, 15) is 10.2 Å². The first-order valence-corrected chi connectivity index (χ1v) is 5.33. The number of aliphatic hydroxyl groups excluding tert-OH is 1. The fourth-order valence-electron chi connectivity index (χ4n) is 2.73. The van der Waals surface area contributed by atoms with Gasteiger partial charge in [0.2, 0.25) is 0 Å². The average molecular weight is 186 g/mol. The van der Waals surface area contributed by atoms with Crippen molar-refractivity contribution in [3.05, 3.63) is 0 Å². The van der Waals surface area contributed by atoms with Crippen LogP contribution in [0.4, 0.5) is 0 Å². The second-order valence-electron chi connectivity index (χ2n) is 5.00. The summed E-state index contributed by atoms with van der Waals surface area (Å²) in [6.07, 6.45) is 2.99. The summed E-state index contributed by atoms with van der Waals surface area (Å²) in [5.41, 5.74) is -0.814. The molecule has 0 spiro atoms. The van der Waals surface area contributed by atoms with Crippen LogP contribution in [0.3, 0.4) is 0 Å². The molecule has 0 bridgehead atoms. The molecule has 0 heterocycles. The van der Waals surface area contributed by atoms with E-state index in [1.165, 1.54) is 6.42 Å². The van der Waals surface area contributed by atoms with Gasteiger partial charge in [-0.1, -0.05) is 27.2 Å². The lowest BCUT2D eigenvalue weighted by molar-refractivity contribution is -0.111. The molecule has 78 valence electrons. The summed E-state index contributed by atoms with van der Waals surface area (Å²) in [4.78, 5) is 0. The van der Waals surface area contributed by atoms with Crippen molar-refractivity contribution >= 4 is 0 Å². The van der Waals surface area contributed by atoms with Gasteiger partial charge >= 0.3 is 0 Å². The summed E-state index contributed by atoms with van der Waals surface area (Å²) in [5, 5.41) is 19.5. The maximum absolute atomic E-state index is 10.2. The highest BCUT2D eigenvalue weighted by atomic mass is 16.3. The van der Waals surface area contributed by atoms with Crippen LogP contribution in [0.1, 0.15) is 40.0 Å². The Morgan fingerprint density at radius 3 is 2.46 bits per heavy atom. The minimum absolute atomic E-state index is 0.0831. The van der Waals surface area contributed by atoms with Crippen molar-refractivity contribution in [2.45, 2.75) is 45.6 Å². The zero-order valence-electron chi connectivity index (χ0n) is 8.95. The van der Waals surface area contributed by atoms with E-state index in [1.54, 1.807) is 0 Å². The Morgan fingerprint density at radius 2 is 2.00 bits per heavy atom. The van der Waals surface area contributed by atoms with Gasteiger partial charge in [-0.15, -0.1) is 0 Å². The summed E-state index contributed by atoms with van der Waals surface area (Å²) in [6, 6.07) is 0. The highest BCUT2D eigenvalue weighted by molar-refractivity contribution is 4.92. The van der Waals surface area contributed by atoms with Gasteiger partial charge in [0, 0.05) is 0 Å². The van der Waals surface area contributed by atoms with Crippen LogP contribution in [0.5, 0.6) is 0 Å². The Kier molecular flexibility index (Phi) is 3.36. The van der Waals surface area contributed by atoms with Gasteiger partial charge in [0.25, 0.3) is 0 Å². The van der Waals surface area contributed by atoms with Gasteiger partial charge in [0.15, 0.2) is 0 Å². The monoisotopic (exact) mass is 186 g/mol. The summed E-state index contributed by atoms with van der Waals surface area (Å²) < 4.78 is 0. The van der Waals surface area contributed by atoms with Crippen LogP contribution < -0.4 is 0 Å². The molecular formula is C11H22O2. The van der Waals surface area contributed by atoms with Gasteiger partial charge in [-0.25, -0.2) is 0 Å². The smallest absolute Gasteiger partial charge is 0.0910 e. The topological polar surface area (TPSA) is 40.5 Å². The van der Waals surface area contributed by atoms with Crippen LogP contribution in [-0.2, 0) is 0 Å². The van der Waals surface area contributed by atoms with Gasteiger partial charge < -0.3 is 10.2 Å². The SMILES string of the molecule is CC(C)[C@@H]1CC[C@@H](C)C[C@]1(O)CO. The van der Waals surface area contributed by atoms with Crippen molar-refractivity contribution in [3.8, 4) is 0 Å². The lowest BCUT2D eigenvalue weighted by Gasteiger charge is -2.43. The Balaban J connectivity index is 2.72. The fourth-order valence-corrected chi connectivity index (χ4v) is 2.73. The summed E-state index contributed by atoms with van der Waals surface area (Å²) in [5.74, 6) is 1.28. The van der Waals surface area contributed by atoms with Gasteiger partial charge in [-0.05, 0) is 30.6 Å². The molecule has 0 unspecified atom stereocenters. The molecule has 3 atom stereocenters. The zero-order valence-corrected chi connectivity index (χ0v) is 8.95. The van der Waals surface area contributed by atoms with Crippen molar-refractivity contribution in [2.24, 2.45) is 17.8 Å². The number of rotatable bonds is 2. The largest absolute Gasteiger partial charge is 0.393 e. The van der Waals surface area contributed by atoms with Crippen molar-refractivity contribution in [2.75, 3.05) is 6.61 Å². The third kappa shape index (κ3) is 2.23. The van der Waals surface area contributed by atoms with E-state index in [-0.39, 0.29) is 12.5 Å².